The molecule has 0 radical (unpaired) electrons. The van der Waals surface area contributed by atoms with Gasteiger partial charge in [-0.15, -0.1) is 5.10 Å². The highest BCUT2D eigenvalue weighted by molar-refractivity contribution is 6.42. The second-order valence-corrected chi connectivity index (χ2v) is 5.28. The van der Waals surface area contributed by atoms with Crippen LogP contribution in [0.5, 0.6) is 5.75 Å². The van der Waals surface area contributed by atoms with Crippen molar-refractivity contribution in [1.29, 1.82) is 0 Å². The van der Waals surface area contributed by atoms with Crippen LogP contribution in [0.1, 0.15) is 5.82 Å². The van der Waals surface area contributed by atoms with E-state index in [9.17, 15) is 0 Å². The Morgan fingerprint density at radius 3 is 2.64 bits per heavy atom. The van der Waals surface area contributed by atoms with Gasteiger partial charge in [0.25, 0.3) is 0 Å². The summed E-state index contributed by atoms with van der Waals surface area (Å²) in [7, 11) is 0. The van der Waals surface area contributed by atoms with Crippen LogP contribution in [0.15, 0.2) is 48.5 Å². The predicted molar refractivity (Wildman–Crippen MR) is 86.9 cm³/mol. The van der Waals surface area contributed by atoms with Crippen LogP contribution in [-0.4, -0.2) is 15.2 Å². The number of halogens is 2. The van der Waals surface area contributed by atoms with Crippen LogP contribution >= 0.6 is 23.2 Å². The number of nitrogens with one attached hydrogen (secondary N) is 2. The van der Waals surface area contributed by atoms with Crippen molar-refractivity contribution < 1.29 is 4.74 Å². The molecule has 0 aliphatic carbocycles. The van der Waals surface area contributed by atoms with Gasteiger partial charge in [-0.2, -0.15) is 4.98 Å². The molecule has 7 heteroatoms. The maximum absolute atomic E-state index is 5.93. The van der Waals surface area contributed by atoms with E-state index in [4.69, 9.17) is 27.9 Å². The summed E-state index contributed by atoms with van der Waals surface area (Å²) in [6.45, 7) is 0.251. The third-order valence-electron chi connectivity index (χ3n) is 2.83. The molecule has 0 fully saturated rings. The van der Waals surface area contributed by atoms with Crippen molar-refractivity contribution in [2.24, 2.45) is 0 Å². The molecule has 112 valence electrons. The van der Waals surface area contributed by atoms with E-state index < -0.39 is 0 Å². The lowest BCUT2D eigenvalue weighted by Crippen LogP contribution is -1.98. The Kier molecular flexibility index (Phi) is 4.46. The number of aromatic nitrogens is 3. The van der Waals surface area contributed by atoms with E-state index in [0.29, 0.717) is 27.6 Å². The van der Waals surface area contributed by atoms with Crippen LogP contribution in [0.2, 0.25) is 10.0 Å². The van der Waals surface area contributed by atoms with E-state index >= 15 is 0 Å². The Morgan fingerprint density at radius 1 is 1.05 bits per heavy atom. The Bertz CT molecular complexity index is 761. The quantitative estimate of drug-likeness (QED) is 0.724. The summed E-state index contributed by atoms with van der Waals surface area (Å²) >= 11 is 11.8. The molecular weight excluding hydrogens is 323 g/mol. The molecule has 0 atom stereocenters. The minimum Gasteiger partial charge on any atom is -0.486 e. The number of nitrogens with zero attached hydrogens (tertiary/aromatic N) is 2. The molecule has 0 unspecified atom stereocenters. The van der Waals surface area contributed by atoms with Crippen LogP contribution in [0, 0.1) is 0 Å². The smallest absolute Gasteiger partial charge is 0.246 e. The number of aromatic amines is 1. The van der Waals surface area contributed by atoms with Crippen molar-refractivity contribution in [2.75, 3.05) is 5.32 Å². The van der Waals surface area contributed by atoms with Crippen molar-refractivity contribution >= 4 is 34.8 Å². The fourth-order valence-corrected chi connectivity index (χ4v) is 2.07. The molecule has 0 aliphatic heterocycles. The fourth-order valence-electron chi connectivity index (χ4n) is 1.78. The van der Waals surface area contributed by atoms with Gasteiger partial charge in [-0.05, 0) is 24.3 Å². The third-order valence-corrected chi connectivity index (χ3v) is 3.57. The Balaban J connectivity index is 1.61. The first kappa shape index (κ1) is 14.7. The van der Waals surface area contributed by atoms with Gasteiger partial charge in [0, 0.05) is 11.8 Å². The molecule has 5 nitrogen and oxygen atoms in total. The zero-order chi connectivity index (χ0) is 15.4. The summed E-state index contributed by atoms with van der Waals surface area (Å²) in [6, 6.07) is 14.8. The van der Waals surface area contributed by atoms with Gasteiger partial charge in [0.1, 0.15) is 12.4 Å². The number of para-hydroxylation sites is 1. The summed E-state index contributed by atoms with van der Waals surface area (Å²) in [4.78, 5) is 4.30. The molecule has 3 aromatic rings. The average molecular weight is 335 g/mol. The number of H-pyrrole nitrogens is 1. The summed E-state index contributed by atoms with van der Waals surface area (Å²) in [5.41, 5.74) is 0.915. The summed E-state index contributed by atoms with van der Waals surface area (Å²) in [6.07, 6.45) is 0. The van der Waals surface area contributed by atoms with E-state index in [0.717, 1.165) is 5.69 Å². The summed E-state index contributed by atoms with van der Waals surface area (Å²) in [5.74, 6) is 1.70. The van der Waals surface area contributed by atoms with Gasteiger partial charge < -0.3 is 10.1 Å². The first-order valence-corrected chi connectivity index (χ1v) is 7.27. The molecule has 22 heavy (non-hydrogen) atoms. The zero-order valence-electron chi connectivity index (χ0n) is 11.4. The second-order valence-electron chi connectivity index (χ2n) is 4.46. The van der Waals surface area contributed by atoms with Gasteiger partial charge in [-0.1, -0.05) is 41.4 Å². The maximum atomic E-state index is 5.93. The molecule has 0 saturated heterocycles. The van der Waals surface area contributed by atoms with Gasteiger partial charge in [0.15, 0.2) is 5.82 Å². The second kappa shape index (κ2) is 6.68. The lowest BCUT2D eigenvalue weighted by atomic mass is 10.3. The SMILES string of the molecule is Clc1ccc(OCc2nc(Nc3ccccc3)n[nH]2)cc1Cl. The minimum atomic E-state index is 0.251. The van der Waals surface area contributed by atoms with Crippen LogP contribution < -0.4 is 10.1 Å². The molecular formula is C15H12Cl2N4O. The van der Waals surface area contributed by atoms with Gasteiger partial charge in [0.2, 0.25) is 5.95 Å². The number of hydrogen-bond donors (Lipinski definition) is 2. The van der Waals surface area contributed by atoms with Crippen LogP contribution in [0.4, 0.5) is 11.6 Å². The molecule has 0 spiro atoms. The van der Waals surface area contributed by atoms with E-state index in [1.165, 1.54) is 0 Å². The van der Waals surface area contributed by atoms with Crippen molar-refractivity contribution in [3.05, 3.63) is 64.4 Å². The molecule has 0 saturated carbocycles. The number of benzene rings is 2. The topological polar surface area (TPSA) is 62.8 Å². The van der Waals surface area contributed by atoms with Crippen molar-refractivity contribution in [2.45, 2.75) is 6.61 Å². The Labute approximate surface area is 137 Å². The summed E-state index contributed by atoms with van der Waals surface area (Å²) in [5, 5.41) is 10.9. The average Bonchev–Trinajstić information content (AvgIpc) is 2.97. The van der Waals surface area contributed by atoms with E-state index in [-0.39, 0.29) is 6.61 Å². The van der Waals surface area contributed by atoms with Crippen molar-refractivity contribution in [1.82, 2.24) is 15.2 Å². The van der Waals surface area contributed by atoms with E-state index in [2.05, 4.69) is 20.5 Å². The van der Waals surface area contributed by atoms with E-state index in [1.54, 1.807) is 18.2 Å². The number of anilines is 2. The molecule has 2 N–H and O–H groups in total. The monoisotopic (exact) mass is 334 g/mol. The first-order valence-electron chi connectivity index (χ1n) is 6.52. The van der Waals surface area contributed by atoms with Crippen LogP contribution in [0.3, 0.4) is 0 Å². The standard InChI is InChI=1S/C15H12Cl2N4O/c16-12-7-6-11(8-13(12)17)22-9-14-19-15(21-20-14)18-10-4-2-1-3-5-10/h1-8H,9H2,(H2,18,19,20,21). The molecule has 1 heterocycles. The third kappa shape index (κ3) is 3.69. The fraction of sp³-hybridized carbons (Fsp3) is 0.0667. The number of ether oxygens (including phenoxy) is 1. The molecule has 1 aromatic heterocycles. The molecule has 0 bridgehead atoms. The predicted octanol–water partition coefficient (Wildman–Crippen LogP) is 4.43. The van der Waals surface area contributed by atoms with Crippen LogP contribution in [-0.2, 0) is 6.61 Å². The lowest BCUT2D eigenvalue weighted by Gasteiger charge is -2.04. The van der Waals surface area contributed by atoms with Gasteiger partial charge in [-0.3, -0.25) is 5.10 Å². The molecule has 2 aromatic carbocycles. The molecule has 0 aliphatic rings. The lowest BCUT2D eigenvalue weighted by molar-refractivity contribution is 0.296. The zero-order valence-corrected chi connectivity index (χ0v) is 12.9. The molecule has 0 amide bonds. The highest BCUT2D eigenvalue weighted by Gasteiger charge is 2.05. The Hall–Kier alpha value is -2.24. The van der Waals surface area contributed by atoms with Crippen LogP contribution in [0.25, 0.3) is 0 Å². The first-order chi connectivity index (χ1) is 10.7. The normalized spacial score (nSPS) is 10.5. The van der Waals surface area contributed by atoms with Gasteiger partial charge in [-0.25, -0.2) is 0 Å². The highest BCUT2D eigenvalue weighted by atomic mass is 35.5. The molecule has 3 rings (SSSR count). The largest absolute Gasteiger partial charge is 0.486 e. The minimum absolute atomic E-state index is 0.251. The van der Waals surface area contributed by atoms with Crippen molar-refractivity contribution in [3.8, 4) is 5.75 Å². The number of hydrogen-bond acceptors (Lipinski definition) is 4. The Morgan fingerprint density at radius 2 is 1.86 bits per heavy atom. The summed E-state index contributed by atoms with van der Waals surface area (Å²) < 4.78 is 5.59. The number of rotatable bonds is 5. The van der Waals surface area contributed by atoms with E-state index in [1.807, 2.05) is 30.3 Å². The van der Waals surface area contributed by atoms with Crippen molar-refractivity contribution in [3.63, 3.8) is 0 Å². The van der Waals surface area contributed by atoms with Gasteiger partial charge in [0.05, 0.1) is 10.0 Å². The van der Waals surface area contributed by atoms with Gasteiger partial charge >= 0.3 is 0 Å². The maximum Gasteiger partial charge on any atom is 0.246 e. The highest BCUT2D eigenvalue weighted by Crippen LogP contribution is 2.26.